The molecule has 4 aromatic rings. The standard InChI is InChI=1S/C28H28FN7O3/c1-3-23(37)35-12-4-5-20(15-35)36-27-24(26(30)32-16-33-27)25(34-36)18-8-6-17(7-9-18)14-31-28(38)21-13-19(29)10-11-22(21)39-2/h3,6-11,13,16,20H,1,4-5,12,14-15H2,2H3,(H,31,38)(H2,30,32,33)/t20-/m1/s1. The number of fused-ring (bicyclic) bond motifs is 1. The van der Waals surface area contributed by atoms with E-state index < -0.39 is 11.7 Å². The molecular formula is C28H28FN7O3. The number of nitrogens with zero attached hydrogens (tertiary/aromatic N) is 5. The van der Waals surface area contributed by atoms with Crippen molar-refractivity contribution in [3.63, 3.8) is 0 Å². The van der Waals surface area contributed by atoms with E-state index in [2.05, 4.69) is 21.9 Å². The molecule has 1 saturated heterocycles. The molecule has 5 rings (SSSR count). The number of methoxy groups -OCH3 is 1. The molecule has 0 unspecified atom stereocenters. The van der Waals surface area contributed by atoms with E-state index in [1.54, 1.807) is 4.90 Å². The first-order chi connectivity index (χ1) is 18.9. The normalized spacial score (nSPS) is 15.2. The number of hydrogen-bond donors (Lipinski definition) is 2. The number of piperidine rings is 1. The molecule has 2 amide bonds. The lowest BCUT2D eigenvalue weighted by atomic mass is 10.1. The first kappa shape index (κ1) is 25.8. The number of nitrogens with one attached hydrogen (secondary N) is 1. The van der Waals surface area contributed by atoms with Gasteiger partial charge in [0.2, 0.25) is 5.91 Å². The van der Waals surface area contributed by atoms with Gasteiger partial charge in [-0.1, -0.05) is 30.8 Å². The fourth-order valence-electron chi connectivity index (χ4n) is 4.85. The fraction of sp³-hybridized carbons (Fsp3) is 0.250. The van der Waals surface area contributed by atoms with Gasteiger partial charge in [-0.2, -0.15) is 5.10 Å². The molecule has 11 heteroatoms. The Morgan fingerprint density at radius 3 is 2.77 bits per heavy atom. The maximum absolute atomic E-state index is 13.7. The van der Waals surface area contributed by atoms with Crippen molar-refractivity contribution in [2.75, 3.05) is 25.9 Å². The quantitative estimate of drug-likeness (QED) is 0.351. The SMILES string of the molecule is C=CC(=O)N1CCC[C@@H](n2nc(-c3ccc(CNC(=O)c4cc(F)ccc4OC)cc3)c3c(N)ncnc32)C1. The van der Waals surface area contributed by atoms with E-state index in [1.807, 2.05) is 28.9 Å². The van der Waals surface area contributed by atoms with E-state index in [9.17, 15) is 14.0 Å². The van der Waals surface area contributed by atoms with Crippen LogP contribution in [0.15, 0.2) is 61.4 Å². The van der Waals surface area contributed by atoms with Crippen LogP contribution in [0.3, 0.4) is 0 Å². The van der Waals surface area contributed by atoms with Crippen LogP contribution in [0.4, 0.5) is 10.2 Å². The molecule has 0 aliphatic carbocycles. The Morgan fingerprint density at radius 2 is 2.03 bits per heavy atom. The van der Waals surface area contributed by atoms with Crippen LogP contribution >= 0.6 is 0 Å². The van der Waals surface area contributed by atoms with Gasteiger partial charge in [-0.25, -0.2) is 19.0 Å². The summed E-state index contributed by atoms with van der Waals surface area (Å²) in [7, 11) is 1.43. The maximum Gasteiger partial charge on any atom is 0.255 e. The largest absolute Gasteiger partial charge is 0.496 e. The predicted octanol–water partition coefficient (Wildman–Crippen LogP) is 3.50. The molecule has 10 nitrogen and oxygen atoms in total. The Hall–Kier alpha value is -4.80. The summed E-state index contributed by atoms with van der Waals surface area (Å²) in [5.41, 5.74) is 9.27. The smallest absolute Gasteiger partial charge is 0.255 e. The number of hydrogen-bond acceptors (Lipinski definition) is 7. The Labute approximate surface area is 224 Å². The Kier molecular flexibility index (Phi) is 7.22. The van der Waals surface area contributed by atoms with Gasteiger partial charge in [0.05, 0.1) is 24.1 Å². The van der Waals surface area contributed by atoms with Crippen LogP contribution in [0.5, 0.6) is 5.75 Å². The zero-order valence-corrected chi connectivity index (χ0v) is 21.4. The van der Waals surface area contributed by atoms with Gasteiger partial charge in [0.1, 0.15) is 29.4 Å². The van der Waals surface area contributed by atoms with Gasteiger partial charge in [0.25, 0.3) is 5.91 Å². The van der Waals surface area contributed by atoms with E-state index in [1.165, 1.54) is 31.6 Å². The van der Waals surface area contributed by atoms with Gasteiger partial charge in [0, 0.05) is 25.2 Å². The number of benzene rings is 2. The highest BCUT2D eigenvalue weighted by Gasteiger charge is 2.28. The number of ether oxygens (including phenoxy) is 1. The van der Waals surface area contributed by atoms with Crippen molar-refractivity contribution >= 4 is 28.7 Å². The molecule has 0 bridgehead atoms. The molecule has 0 radical (unpaired) electrons. The van der Waals surface area contributed by atoms with Crippen LogP contribution in [0.1, 0.15) is 34.8 Å². The second-order valence-electron chi connectivity index (χ2n) is 9.26. The van der Waals surface area contributed by atoms with E-state index >= 15 is 0 Å². The molecule has 3 N–H and O–H groups in total. The summed E-state index contributed by atoms with van der Waals surface area (Å²) in [5.74, 6) is -0.461. The highest BCUT2D eigenvalue weighted by atomic mass is 19.1. The molecule has 3 heterocycles. The van der Waals surface area contributed by atoms with E-state index in [0.717, 1.165) is 30.0 Å². The minimum atomic E-state index is -0.520. The number of nitrogens with two attached hydrogens (primary N) is 1. The molecule has 1 atom stereocenters. The summed E-state index contributed by atoms with van der Waals surface area (Å²) in [6, 6.07) is 11.2. The second kappa shape index (κ2) is 10.9. The van der Waals surface area contributed by atoms with Crippen molar-refractivity contribution in [2.24, 2.45) is 0 Å². The predicted molar refractivity (Wildman–Crippen MR) is 144 cm³/mol. The lowest BCUT2D eigenvalue weighted by molar-refractivity contribution is -0.127. The summed E-state index contributed by atoms with van der Waals surface area (Å²) in [4.78, 5) is 35.3. The number of halogens is 1. The number of nitrogen functional groups attached to an aromatic ring is 1. The number of carbonyl (C=O) groups excluding carboxylic acids is 2. The lowest BCUT2D eigenvalue weighted by Crippen LogP contribution is -2.40. The van der Waals surface area contributed by atoms with Crippen molar-refractivity contribution in [1.29, 1.82) is 0 Å². The van der Waals surface area contributed by atoms with Gasteiger partial charge in [-0.15, -0.1) is 0 Å². The molecule has 39 heavy (non-hydrogen) atoms. The van der Waals surface area contributed by atoms with Gasteiger partial charge in [-0.05, 0) is 42.7 Å². The lowest BCUT2D eigenvalue weighted by Gasteiger charge is -2.32. The first-order valence-corrected chi connectivity index (χ1v) is 12.5. The molecule has 1 aliphatic heterocycles. The molecular weight excluding hydrogens is 501 g/mol. The van der Waals surface area contributed by atoms with Crippen molar-refractivity contribution in [3.8, 4) is 17.0 Å². The maximum atomic E-state index is 13.7. The summed E-state index contributed by atoms with van der Waals surface area (Å²) in [6.45, 7) is 5.01. The van der Waals surface area contributed by atoms with Crippen molar-refractivity contribution in [2.45, 2.75) is 25.4 Å². The van der Waals surface area contributed by atoms with Gasteiger partial charge in [-0.3, -0.25) is 9.59 Å². The summed E-state index contributed by atoms with van der Waals surface area (Å²) in [5, 5.41) is 8.32. The second-order valence-corrected chi connectivity index (χ2v) is 9.26. The molecule has 200 valence electrons. The third-order valence-corrected chi connectivity index (χ3v) is 6.83. The first-order valence-electron chi connectivity index (χ1n) is 12.5. The van der Waals surface area contributed by atoms with E-state index in [4.69, 9.17) is 15.6 Å². The Bertz CT molecular complexity index is 1550. The van der Waals surface area contributed by atoms with Crippen molar-refractivity contribution < 1.29 is 18.7 Å². The minimum Gasteiger partial charge on any atom is -0.496 e. The highest BCUT2D eigenvalue weighted by molar-refractivity contribution is 5.98. The minimum absolute atomic E-state index is 0.0671. The Morgan fingerprint density at radius 1 is 1.23 bits per heavy atom. The molecule has 2 aromatic carbocycles. The molecule has 0 saturated carbocycles. The van der Waals surface area contributed by atoms with Crippen molar-refractivity contribution in [1.82, 2.24) is 30.0 Å². The summed E-state index contributed by atoms with van der Waals surface area (Å²) < 4.78 is 20.7. The number of rotatable bonds is 7. The molecule has 1 fully saturated rings. The van der Waals surface area contributed by atoms with Crippen LogP contribution in [0.25, 0.3) is 22.3 Å². The number of anilines is 1. The average Bonchev–Trinajstić information content (AvgIpc) is 3.37. The van der Waals surface area contributed by atoms with Crippen LogP contribution in [-0.4, -0.2) is 56.7 Å². The Balaban J connectivity index is 1.39. The summed E-state index contributed by atoms with van der Waals surface area (Å²) >= 11 is 0. The van der Waals surface area contributed by atoms with Gasteiger partial charge < -0.3 is 20.7 Å². The van der Waals surface area contributed by atoms with Gasteiger partial charge >= 0.3 is 0 Å². The van der Waals surface area contributed by atoms with E-state index in [-0.39, 0.29) is 24.1 Å². The van der Waals surface area contributed by atoms with Crippen LogP contribution in [0.2, 0.25) is 0 Å². The number of likely N-dealkylation sites (tertiary alicyclic amines) is 1. The third kappa shape index (κ3) is 5.15. The van der Waals surface area contributed by atoms with Crippen molar-refractivity contribution in [3.05, 3.63) is 78.4 Å². The zero-order chi connectivity index (χ0) is 27.5. The molecule has 0 spiro atoms. The number of amides is 2. The van der Waals surface area contributed by atoms with Crippen LogP contribution in [-0.2, 0) is 11.3 Å². The highest BCUT2D eigenvalue weighted by Crippen LogP contribution is 2.34. The van der Waals surface area contributed by atoms with Crippen LogP contribution in [0, 0.1) is 5.82 Å². The number of carbonyl (C=O) groups is 2. The van der Waals surface area contributed by atoms with E-state index in [0.29, 0.717) is 41.4 Å². The average molecular weight is 530 g/mol. The monoisotopic (exact) mass is 529 g/mol. The zero-order valence-electron chi connectivity index (χ0n) is 21.4. The molecule has 2 aromatic heterocycles. The third-order valence-electron chi connectivity index (χ3n) is 6.83. The van der Waals surface area contributed by atoms with Crippen LogP contribution < -0.4 is 15.8 Å². The topological polar surface area (TPSA) is 128 Å². The van der Waals surface area contributed by atoms with Gasteiger partial charge in [0.15, 0.2) is 5.65 Å². The number of aromatic nitrogens is 4. The molecule has 1 aliphatic rings. The summed E-state index contributed by atoms with van der Waals surface area (Å²) in [6.07, 6.45) is 4.42. The fourth-order valence-corrected chi connectivity index (χ4v) is 4.85.